The first-order valence-corrected chi connectivity index (χ1v) is 9.73. The van der Waals surface area contributed by atoms with E-state index in [4.69, 9.17) is 0 Å². The highest BCUT2D eigenvalue weighted by Gasteiger charge is 2.17. The Morgan fingerprint density at radius 3 is 2.69 bits per heavy atom. The van der Waals surface area contributed by atoms with Crippen LogP contribution in [0.1, 0.15) is 44.3 Å². The molecule has 1 N–H and O–H groups in total. The van der Waals surface area contributed by atoms with Gasteiger partial charge in [-0.15, -0.1) is 10.2 Å². The monoisotopic (exact) mass is 401 g/mol. The van der Waals surface area contributed by atoms with Crippen LogP contribution in [0.15, 0.2) is 35.4 Å². The number of aryl methyl sites for hydroxylation is 1. The van der Waals surface area contributed by atoms with E-state index in [9.17, 15) is 18.4 Å². The summed E-state index contributed by atoms with van der Waals surface area (Å²) in [5.41, 5.74) is -0.205. The van der Waals surface area contributed by atoms with Gasteiger partial charge in [0.2, 0.25) is 11.6 Å². The fourth-order valence-electron chi connectivity index (χ4n) is 3.72. The van der Waals surface area contributed by atoms with E-state index < -0.39 is 17.2 Å². The summed E-state index contributed by atoms with van der Waals surface area (Å²) in [5, 5.41) is 11.0. The molecule has 0 bridgehead atoms. The van der Waals surface area contributed by atoms with Crippen LogP contribution < -0.4 is 10.9 Å². The van der Waals surface area contributed by atoms with E-state index in [1.54, 1.807) is 10.6 Å². The molecule has 0 radical (unpaired) electrons. The maximum Gasteiger partial charge on any atom is 0.300 e. The fourth-order valence-corrected chi connectivity index (χ4v) is 3.72. The number of amides is 1. The summed E-state index contributed by atoms with van der Waals surface area (Å²) in [6.45, 7) is 0. The van der Waals surface area contributed by atoms with Crippen molar-refractivity contribution in [2.75, 3.05) is 0 Å². The number of carbonyl (C=O) groups excluding carboxylic acids is 1. The molecule has 1 aliphatic carbocycles. The lowest BCUT2D eigenvalue weighted by Gasteiger charge is -2.11. The Hall–Kier alpha value is -3.10. The van der Waals surface area contributed by atoms with E-state index in [1.165, 1.54) is 29.7 Å². The minimum Gasteiger partial charge on any atom is -0.353 e. The maximum absolute atomic E-state index is 13.5. The number of nitrogens with one attached hydrogen (secondary N) is 1. The molecule has 152 valence electrons. The molecule has 0 aliphatic heterocycles. The summed E-state index contributed by atoms with van der Waals surface area (Å²) in [6.07, 6.45) is 8.96. The lowest BCUT2D eigenvalue weighted by Crippen LogP contribution is -2.32. The molecule has 7 nitrogen and oxygen atoms in total. The second kappa shape index (κ2) is 8.10. The smallest absolute Gasteiger partial charge is 0.300 e. The standard InChI is InChI=1S/C20H21F2N5O2/c21-15-9-8-14(12-16(15)22)26-10-11-27-17(24-25-19(27)20(26)29)6-3-7-18(28)23-13-4-1-2-5-13/h8-13H,1-7H2,(H,23,28). The van der Waals surface area contributed by atoms with Crippen molar-refractivity contribution in [3.05, 3.63) is 58.4 Å². The Morgan fingerprint density at radius 2 is 1.93 bits per heavy atom. The highest BCUT2D eigenvalue weighted by Crippen LogP contribution is 2.18. The molecule has 0 atom stereocenters. The minimum atomic E-state index is -1.03. The second-order valence-corrected chi connectivity index (χ2v) is 7.28. The van der Waals surface area contributed by atoms with E-state index in [1.807, 2.05) is 0 Å². The Balaban J connectivity index is 1.46. The topological polar surface area (TPSA) is 81.3 Å². The van der Waals surface area contributed by atoms with Gasteiger partial charge in [-0.2, -0.15) is 0 Å². The largest absolute Gasteiger partial charge is 0.353 e. The number of halogens is 2. The van der Waals surface area contributed by atoms with Crippen molar-refractivity contribution in [3.8, 4) is 5.69 Å². The van der Waals surface area contributed by atoms with Crippen molar-refractivity contribution in [2.45, 2.75) is 51.0 Å². The zero-order chi connectivity index (χ0) is 20.4. The van der Waals surface area contributed by atoms with E-state index in [-0.39, 0.29) is 17.2 Å². The van der Waals surface area contributed by atoms with Crippen LogP contribution in [-0.4, -0.2) is 31.1 Å². The second-order valence-electron chi connectivity index (χ2n) is 7.28. The number of aromatic nitrogens is 4. The zero-order valence-corrected chi connectivity index (χ0v) is 15.8. The van der Waals surface area contributed by atoms with Crippen LogP contribution in [0, 0.1) is 11.6 Å². The maximum atomic E-state index is 13.5. The van der Waals surface area contributed by atoms with Crippen molar-refractivity contribution in [2.24, 2.45) is 0 Å². The Bertz CT molecular complexity index is 1100. The third kappa shape index (κ3) is 4.03. The van der Waals surface area contributed by atoms with Crippen LogP contribution in [0.5, 0.6) is 0 Å². The quantitative estimate of drug-likeness (QED) is 0.688. The van der Waals surface area contributed by atoms with Gasteiger partial charge in [-0.1, -0.05) is 12.8 Å². The van der Waals surface area contributed by atoms with Gasteiger partial charge in [0, 0.05) is 37.3 Å². The highest BCUT2D eigenvalue weighted by molar-refractivity contribution is 5.76. The van der Waals surface area contributed by atoms with Gasteiger partial charge in [-0.25, -0.2) is 8.78 Å². The van der Waals surface area contributed by atoms with Crippen molar-refractivity contribution >= 4 is 11.6 Å². The molecular formula is C20H21F2N5O2. The number of fused-ring (bicyclic) bond motifs is 1. The molecular weight excluding hydrogens is 380 g/mol. The lowest BCUT2D eigenvalue weighted by molar-refractivity contribution is -0.121. The molecule has 1 amide bonds. The van der Waals surface area contributed by atoms with E-state index in [0.29, 0.717) is 31.1 Å². The van der Waals surface area contributed by atoms with Crippen LogP contribution in [0.25, 0.3) is 11.3 Å². The fraction of sp³-hybridized carbons (Fsp3) is 0.400. The third-order valence-corrected chi connectivity index (χ3v) is 5.25. The van der Waals surface area contributed by atoms with Crippen LogP contribution in [0.4, 0.5) is 8.78 Å². The van der Waals surface area contributed by atoms with E-state index in [2.05, 4.69) is 15.5 Å². The molecule has 0 saturated heterocycles. The van der Waals surface area contributed by atoms with Gasteiger partial charge in [-0.05, 0) is 31.4 Å². The normalized spacial score (nSPS) is 14.6. The summed E-state index contributed by atoms with van der Waals surface area (Å²) in [6, 6.07) is 3.53. The first kappa shape index (κ1) is 19.2. The summed E-state index contributed by atoms with van der Waals surface area (Å²) in [4.78, 5) is 24.7. The Labute approximate surface area is 165 Å². The van der Waals surface area contributed by atoms with Crippen molar-refractivity contribution in [1.29, 1.82) is 0 Å². The molecule has 4 rings (SSSR count). The predicted octanol–water partition coefficient (Wildman–Crippen LogP) is 2.54. The van der Waals surface area contributed by atoms with Gasteiger partial charge in [0.25, 0.3) is 0 Å². The Kier molecular flexibility index (Phi) is 5.37. The minimum absolute atomic E-state index is 0.0337. The molecule has 29 heavy (non-hydrogen) atoms. The Morgan fingerprint density at radius 1 is 1.14 bits per heavy atom. The molecule has 1 aliphatic rings. The number of hydrogen-bond acceptors (Lipinski definition) is 4. The highest BCUT2D eigenvalue weighted by atomic mass is 19.2. The van der Waals surface area contributed by atoms with Crippen LogP contribution in [0.3, 0.4) is 0 Å². The molecule has 2 aromatic heterocycles. The number of rotatable bonds is 6. The van der Waals surface area contributed by atoms with E-state index in [0.717, 1.165) is 25.0 Å². The van der Waals surface area contributed by atoms with E-state index >= 15 is 0 Å². The average molecular weight is 401 g/mol. The van der Waals surface area contributed by atoms with Gasteiger partial charge in [0.1, 0.15) is 5.82 Å². The third-order valence-electron chi connectivity index (χ3n) is 5.25. The SMILES string of the molecule is O=C(CCCc1nnc2c(=O)n(-c3ccc(F)c(F)c3)ccn12)NC1CCCC1. The average Bonchev–Trinajstić information content (AvgIpc) is 3.35. The molecule has 1 fully saturated rings. The number of carbonyl (C=O) groups is 1. The molecule has 1 aromatic carbocycles. The van der Waals surface area contributed by atoms with Crippen LogP contribution in [0.2, 0.25) is 0 Å². The molecule has 9 heteroatoms. The number of nitrogens with zero attached hydrogens (tertiary/aromatic N) is 4. The van der Waals surface area contributed by atoms with Crippen molar-refractivity contribution < 1.29 is 13.6 Å². The van der Waals surface area contributed by atoms with Gasteiger partial charge in [0.05, 0.1) is 5.69 Å². The molecule has 0 unspecified atom stereocenters. The molecule has 1 saturated carbocycles. The zero-order valence-electron chi connectivity index (χ0n) is 15.8. The number of hydrogen-bond donors (Lipinski definition) is 1. The summed E-state index contributed by atoms with van der Waals surface area (Å²) in [7, 11) is 0. The molecule has 0 spiro atoms. The molecule has 2 heterocycles. The van der Waals surface area contributed by atoms with Crippen LogP contribution >= 0.6 is 0 Å². The first-order valence-electron chi connectivity index (χ1n) is 9.73. The van der Waals surface area contributed by atoms with Gasteiger partial charge < -0.3 is 5.32 Å². The summed E-state index contributed by atoms with van der Waals surface area (Å²) < 4.78 is 29.4. The summed E-state index contributed by atoms with van der Waals surface area (Å²) in [5.74, 6) is -1.41. The van der Waals surface area contributed by atoms with Gasteiger partial charge >= 0.3 is 5.56 Å². The van der Waals surface area contributed by atoms with Gasteiger partial charge in [0.15, 0.2) is 11.6 Å². The predicted molar refractivity (Wildman–Crippen MR) is 102 cm³/mol. The van der Waals surface area contributed by atoms with Crippen molar-refractivity contribution in [1.82, 2.24) is 24.5 Å². The number of benzene rings is 1. The van der Waals surface area contributed by atoms with Crippen molar-refractivity contribution in [3.63, 3.8) is 0 Å². The first-order chi connectivity index (χ1) is 14.0. The van der Waals surface area contributed by atoms with Crippen LogP contribution in [-0.2, 0) is 11.2 Å². The molecule has 3 aromatic rings. The lowest BCUT2D eigenvalue weighted by atomic mass is 10.2. The summed E-state index contributed by atoms with van der Waals surface area (Å²) >= 11 is 0. The van der Waals surface area contributed by atoms with Gasteiger partial charge in [-0.3, -0.25) is 18.6 Å².